The molecule has 4 aromatic rings. The van der Waals surface area contributed by atoms with Crippen LogP contribution in [0.5, 0.6) is 6.01 Å². The van der Waals surface area contributed by atoms with Crippen molar-refractivity contribution in [3.8, 4) is 17.3 Å². The third kappa shape index (κ3) is 4.17. The molecule has 0 radical (unpaired) electrons. The van der Waals surface area contributed by atoms with Crippen LogP contribution in [-0.4, -0.2) is 59.4 Å². The number of pyridine rings is 1. The molecule has 0 spiro atoms. The lowest BCUT2D eigenvalue weighted by atomic mass is 10.0. The summed E-state index contributed by atoms with van der Waals surface area (Å²) in [6, 6.07) is 12.3. The predicted molar refractivity (Wildman–Crippen MR) is 142 cm³/mol. The Hall–Kier alpha value is -3.07. The van der Waals surface area contributed by atoms with Gasteiger partial charge in [-0.25, -0.2) is 4.39 Å². The molecule has 2 aromatic heterocycles. The van der Waals surface area contributed by atoms with Crippen molar-refractivity contribution in [3.63, 3.8) is 0 Å². The van der Waals surface area contributed by atoms with Crippen molar-refractivity contribution in [1.29, 1.82) is 0 Å². The second-order valence-corrected chi connectivity index (χ2v) is 10.6. The second-order valence-electron chi connectivity index (χ2n) is 10.1. The summed E-state index contributed by atoms with van der Waals surface area (Å²) in [5, 5.41) is 6.46. The number of benzene rings is 2. The van der Waals surface area contributed by atoms with E-state index >= 15 is 4.39 Å². The summed E-state index contributed by atoms with van der Waals surface area (Å²) in [4.78, 5) is 16.1. The monoisotopic (exact) mass is 519 g/mol. The van der Waals surface area contributed by atoms with Gasteiger partial charge in [0.15, 0.2) is 5.82 Å². The lowest BCUT2D eigenvalue weighted by Crippen LogP contribution is -2.51. The van der Waals surface area contributed by atoms with Crippen LogP contribution in [0, 0.1) is 5.82 Å². The molecule has 0 aliphatic carbocycles. The summed E-state index contributed by atoms with van der Waals surface area (Å²) < 4.78 is 28.0. The van der Waals surface area contributed by atoms with Gasteiger partial charge in [-0.05, 0) is 37.1 Å². The number of ether oxygens (including phenoxy) is 2. The SMILES string of the molecule is Fc1c(-c2cccc3cccc(Cl)c23)ncc2c(N3C[C@H]4CC[C@@H](C3)N4)nc(OC[C@@H]3CCCO3)nc12. The highest BCUT2D eigenvalue weighted by molar-refractivity contribution is 6.36. The van der Waals surface area contributed by atoms with E-state index < -0.39 is 5.82 Å². The van der Waals surface area contributed by atoms with Crippen molar-refractivity contribution in [3.05, 3.63) is 53.4 Å². The van der Waals surface area contributed by atoms with Crippen LogP contribution in [0.2, 0.25) is 5.02 Å². The quantitative estimate of drug-likeness (QED) is 0.391. The number of piperazine rings is 1. The molecular weight excluding hydrogens is 493 g/mol. The van der Waals surface area contributed by atoms with Crippen molar-refractivity contribution in [2.45, 2.75) is 43.9 Å². The first-order valence-corrected chi connectivity index (χ1v) is 13.3. The average Bonchev–Trinajstić information content (AvgIpc) is 3.56. The van der Waals surface area contributed by atoms with Crippen molar-refractivity contribution >= 4 is 39.1 Å². The summed E-state index contributed by atoms with van der Waals surface area (Å²) in [5.41, 5.74) is 1.04. The van der Waals surface area contributed by atoms with E-state index in [1.165, 1.54) is 0 Å². The van der Waals surface area contributed by atoms with E-state index in [1.807, 2.05) is 36.4 Å². The number of rotatable bonds is 5. The fourth-order valence-corrected chi connectivity index (χ4v) is 6.20. The number of aromatic nitrogens is 3. The van der Waals surface area contributed by atoms with Crippen LogP contribution in [0.25, 0.3) is 32.9 Å². The maximum absolute atomic E-state index is 16.3. The van der Waals surface area contributed by atoms with Crippen molar-refractivity contribution in [1.82, 2.24) is 20.3 Å². The summed E-state index contributed by atoms with van der Waals surface area (Å²) in [7, 11) is 0. The molecule has 2 aromatic carbocycles. The Morgan fingerprint density at radius 1 is 1.08 bits per heavy atom. The lowest BCUT2D eigenvalue weighted by molar-refractivity contribution is 0.0647. The number of hydrogen-bond acceptors (Lipinski definition) is 7. The smallest absolute Gasteiger partial charge is 0.319 e. The van der Waals surface area contributed by atoms with Gasteiger partial charge in [0.1, 0.15) is 23.6 Å². The van der Waals surface area contributed by atoms with Crippen LogP contribution in [0.3, 0.4) is 0 Å². The highest BCUT2D eigenvalue weighted by Crippen LogP contribution is 2.38. The lowest BCUT2D eigenvalue weighted by Gasteiger charge is -2.34. The van der Waals surface area contributed by atoms with Gasteiger partial charge in [0.25, 0.3) is 0 Å². The van der Waals surface area contributed by atoms with Gasteiger partial charge in [0, 0.05) is 53.9 Å². The summed E-state index contributed by atoms with van der Waals surface area (Å²) in [5.74, 6) is 0.160. The zero-order valence-electron chi connectivity index (χ0n) is 20.3. The van der Waals surface area contributed by atoms with Crippen LogP contribution >= 0.6 is 11.6 Å². The molecule has 0 amide bonds. The van der Waals surface area contributed by atoms with E-state index in [0.717, 1.165) is 56.2 Å². The molecule has 190 valence electrons. The van der Waals surface area contributed by atoms with E-state index in [-0.39, 0.29) is 23.3 Å². The zero-order chi connectivity index (χ0) is 24.9. The number of hydrogen-bond donors (Lipinski definition) is 1. The first-order valence-electron chi connectivity index (χ1n) is 12.9. The number of nitrogens with one attached hydrogen (secondary N) is 1. The molecule has 3 saturated heterocycles. The third-order valence-electron chi connectivity index (χ3n) is 7.69. The number of fused-ring (bicyclic) bond motifs is 4. The maximum atomic E-state index is 16.3. The average molecular weight is 520 g/mol. The normalized spacial score (nSPS) is 23.3. The molecule has 37 heavy (non-hydrogen) atoms. The molecule has 3 atom stereocenters. The highest BCUT2D eigenvalue weighted by atomic mass is 35.5. The number of anilines is 1. The molecule has 1 N–H and O–H groups in total. The molecule has 7 rings (SSSR count). The third-order valence-corrected chi connectivity index (χ3v) is 8.01. The molecule has 5 heterocycles. The van der Waals surface area contributed by atoms with Gasteiger partial charge in [-0.3, -0.25) is 4.98 Å². The number of nitrogens with zero attached hydrogens (tertiary/aromatic N) is 4. The Morgan fingerprint density at radius 3 is 2.68 bits per heavy atom. The van der Waals surface area contributed by atoms with Gasteiger partial charge in [0.2, 0.25) is 0 Å². The number of halogens is 2. The highest BCUT2D eigenvalue weighted by Gasteiger charge is 2.34. The fourth-order valence-electron chi connectivity index (χ4n) is 5.92. The Balaban J connectivity index is 1.36. The Labute approximate surface area is 219 Å². The molecule has 9 heteroatoms. The van der Waals surface area contributed by atoms with E-state index in [1.54, 1.807) is 6.20 Å². The van der Waals surface area contributed by atoms with Gasteiger partial charge in [-0.15, -0.1) is 0 Å². The van der Waals surface area contributed by atoms with Crippen LogP contribution in [-0.2, 0) is 4.74 Å². The van der Waals surface area contributed by atoms with Gasteiger partial charge in [-0.2, -0.15) is 9.97 Å². The van der Waals surface area contributed by atoms with Crippen LogP contribution < -0.4 is 15.0 Å². The molecule has 3 aliphatic rings. The molecule has 0 unspecified atom stereocenters. The summed E-state index contributed by atoms with van der Waals surface area (Å²) in [6.45, 7) is 2.68. The van der Waals surface area contributed by atoms with Gasteiger partial charge in [0.05, 0.1) is 11.5 Å². The summed E-state index contributed by atoms with van der Waals surface area (Å²) >= 11 is 6.55. The van der Waals surface area contributed by atoms with Crippen LogP contribution in [0.1, 0.15) is 25.7 Å². The van der Waals surface area contributed by atoms with Crippen molar-refractivity contribution in [2.24, 2.45) is 0 Å². The minimum absolute atomic E-state index is 0.00783. The standard InChI is InChI=1S/C28H27ClFN5O2/c29-22-8-2-5-16-4-1-7-20(23(16)22)25-24(30)26-21(12-31-25)27(35-13-17-9-10-18(14-35)32-17)34-28(33-26)37-15-19-6-3-11-36-19/h1-2,4-5,7-8,12,17-19,32H,3,6,9-11,13-15H2/t17-,18+,19-/m0/s1. The Morgan fingerprint density at radius 2 is 1.89 bits per heavy atom. The first-order chi connectivity index (χ1) is 18.1. The minimum Gasteiger partial charge on any atom is -0.461 e. The predicted octanol–water partition coefficient (Wildman–Crippen LogP) is 5.14. The Kier molecular flexibility index (Phi) is 5.83. The van der Waals surface area contributed by atoms with E-state index in [4.69, 9.17) is 26.1 Å². The fraction of sp³-hybridized carbons (Fsp3) is 0.393. The van der Waals surface area contributed by atoms with Gasteiger partial charge < -0.3 is 19.7 Å². The zero-order valence-corrected chi connectivity index (χ0v) is 21.0. The molecule has 0 saturated carbocycles. The van der Waals surface area contributed by atoms with E-state index in [2.05, 4.69) is 20.2 Å². The second kappa shape index (κ2) is 9.35. The molecule has 7 nitrogen and oxygen atoms in total. The summed E-state index contributed by atoms with van der Waals surface area (Å²) in [6.07, 6.45) is 5.90. The van der Waals surface area contributed by atoms with E-state index in [0.29, 0.717) is 40.5 Å². The first kappa shape index (κ1) is 23.1. The molecular formula is C28H27ClFN5O2. The maximum Gasteiger partial charge on any atom is 0.319 e. The Bertz CT molecular complexity index is 1480. The molecule has 3 aliphatic heterocycles. The van der Waals surface area contributed by atoms with Crippen molar-refractivity contribution in [2.75, 3.05) is 31.2 Å². The largest absolute Gasteiger partial charge is 0.461 e. The van der Waals surface area contributed by atoms with Gasteiger partial charge in [-0.1, -0.05) is 41.9 Å². The minimum atomic E-state index is -0.506. The van der Waals surface area contributed by atoms with Crippen LogP contribution in [0.15, 0.2) is 42.6 Å². The van der Waals surface area contributed by atoms with Crippen molar-refractivity contribution < 1.29 is 13.9 Å². The topological polar surface area (TPSA) is 72.4 Å². The molecule has 3 fully saturated rings. The molecule has 2 bridgehead atoms. The van der Waals surface area contributed by atoms with E-state index in [9.17, 15) is 0 Å². The van der Waals surface area contributed by atoms with Crippen LogP contribution in [0.4, 0.5) is 10.2 Å². The van der Waals surface area contributed by atoms with Gasteiger partial charge >= 0.3 is 6.01 Å².